The molecular formula is C11H25NO2S. The van der Waals surface area contributed by atoms with Crippen molar-refractivity contribution >= 4 is 9.84 Å². The summed E-state index contributed by atoms with van der Waals surface area (Å²) in [6, 6.07) is 0.302. The van der Waals surface area contributed by atoms with Gasteiger partial charge in [0.2, 0.25) is 0 Å². The van der Waals surface area contributed by atoms with Gasteiger partial charge in [0.15, 0.2) is 0 Å². The van der Waals surface area contributed by atoms with E-state index in [1.165, 1.54) is 0 Å². The van der Waals surface area contributed by atoms with Crippen molar-refractivity contribution in [3.05, 3.63) is 0 Å². The molecular weight excluding hydrogens is 210 g/mol. The average Bonchev–Trinajstić information content (AvgIpc) is 2.16. The van der Waals surface area contributed by atoms with Crippen LogP contribution in [0, 0.1) is 0 Å². The van der Waals surface area contributed by atoms with Crippen molar-refractivity contribution in [2.75, 3.05) is 18.1 Å². The van der Waals surface area contributed by atoms with Gasteiger partial charge in [-0.2, -0.15) is 0 Å². The van der Waals surface area contributed by atoms with Crippen LogP contribution < -0.4 is 5.32 Å². The van der Waals surface area contributed by atoms with Crippen LogP contribution in [-0.2, 0) is 9.84 Å². The number of sulfone groups is 1. The van der Waals surface area contributed by atoms with E-state index in [0.29, 0.717) is 17.5 Å². The van der Waals surface area contributed by atoms with Crippen LogP contribution in [0.25, 0.3) is 0 Å². The van der Waals surface area contributed by atoms with Gasteiger partial charge in [-0.1, -0.05) is 26.7 Å². The van der Waals surface area contributed by atoms with Crippen LogP contribution in [0.3, 0.4) is 0 Å². The lowest BCUT2D eigenvalue weighted by molar-refractivity contribution is 0.540. The fourth-order valence-corrected chi connectivity index (χ4v) is 3.04. The summed E-state index contributed by atoms with van der Waals surface area (Å²) in [6.45, 7) is 7.05. The molecule has 0 aliphatic carbocycles. The van der Waals surface area contributed by atoms with Gasteiger partial charge in [-0.05, 0) is 26.3 Å². The highest BCUT2D eigenvalue weighted by Crippen LogP contribution is 2.03. The molecule has 0 spiro atoms. The van der Waals surface area contributed by atoms with Crippen molar-refractivity contribution in [3.63, 3.8) is 0 Å². The first kappa shape index (κ1) is 14.9. The van der Waals surface area contributed by atoms with Crippen LogP contribution >= 0.6 is 0 Å². The third-order valence-corrected chi connectivity index (χ3v) is 4.24. The Morgan fingerprint density at radius 2 is 1.80 bits per heavy atom. The maximum atomic E-state index is 11.6. The highest BCUT2D eigenvalue weighted by Gasteiger charge is 2.11. The first-order valence-corrected chi connectivity index (χ1v) is 7.77. The van der Waals surface area contributed by atoms with Crippen LogP contribution in [0.15, 0.2) is 0 Å². The second-order valence-electron chi connectivity index (χ2n) is 4.11. The molecule has 0 rings (SSSR count). The predicted octanol–water partition coefficient (Wildman–Crippen LogP) is 1.98. The van der Waals surface area contributed by atoms with Crippen LogP contribution in [0.4, 0.5) is 0 Å². The molecule has 15 heavy (non-hydrogen) atoms. The van der Waals surface area contributed by atoms with E-state index in [1.54, 1.807) is 0 Å². The highest BCUT2D eigenvalue weighted by atomic mass is 32.2. The third-order valence-electron chi connectivity index (χ3n) is 2.47. The number of nitrogens with one attached hydrogen (secondary N) is 1. The second-order valence-corrected chi connectivity index (χ2v) is 6.41. The van der Waals surface area contributed by atoms with E-state index in [4.69, 9.17) is 0 Å². The standard InChI is InChI=1S/C11H25NO2S/c1-4-6-7-9-15(13,14)10-8-11(3)12-5-2/h11-12H,4-10H2,1-3H3. The minimum Gasteiger partial charge on any atom is -0.314 e. The zero-order valence-corrected chi connectivity index (χ0v) is 11.1. The summed E-state index contributed by atoms with van der Waals surface area (Å²) in [5.74, 6) is 0.685. The molecule has 0 saturated carbocycles. The molecule has 1 atom stereocenters. The Morgan fingerprint density at radius 3 is 2.33 bits per heavy atom. The monoisotopic (exact) mass is 235 g/mol. The van der Waals surface area contributed by atoms with Gasteiger partial charge in [-0.3, -0.25) is 0 Å². The van der Waals surface area contributed by atoms with Crippen molar-refractivity contribution < 1.29 is 8.42 Å². The van der Waals surface area contributed by atoms with E-state index in [2.05, 4.69) is 12.2 Å². The molecule has 0 amide bonds. The summed E-state index contributed by atoms with van der Waals surface area (Å²) in [5, 5.41) is 3.22. The van der Waals surface area contributed by atoms with Crippen molar-refractivity contribution in [1.29, 1.82) is 0 Å². The Hall–Kier alpha value is -0.0900. The van der Waals surface area contributed by atoms with Crippen LogP contribution in [-0.4, -0.2) is 32.5 Å². The van der Waals surface area contributed by atoms with Crippen molar-refractivity contribution in [3.8, 4) is 0 Å². The Balaban J connectivity index is 3.73. The molecule has 0 saturated heterocycles. The molecule has 0 aliphatic rings. The van der Waals surface area contributed by atoms with E-state index in [0.717, 1.165) is 32.2 Å². The molecule has 0 bridgehead atoms. The van der Waals surface area contributed by atoms with Gasteiger partial charge in [-0.15, -0.1) is 0 Å². The quantitative estimate of drug-likeness (QED) is 0.622. The van der Waals surface area contributed by atoms with Crippen molar-refractivity contribution in [2.45, 2.75) is 52.5 Å². The molecule has 0 aromatic carbocycles. The Morgan fingerprint density at radius 1 is 1.13 bits per heavy atom. The zero-order chi connectivity index (χ0) is 11.7. The molecule has 1 N–H and O–H groups in total. The molecule has 0 aromatic rings. The van der Waals surface area contributed by atoms with Gasteiger partial charge in [0, 0.05) is 6.04 Å². The number of hydrogen-bond acceptors (Lipinski definition) is 3. The smallest absolute Gasteiger partial charge is 0.150 e. The molecule has 1 unspecified atom stereocenters. The van der Waals surface area contributed by atoms with Crippen LogP contribution in [0.2, 0.25) is 0 Å². The van der Waals surface area contributed by atoms with Gasteiger partial charge < -0.3 is 5.32 Å². The summed E-state index contributed by atoms with van der Waals surface area (Å²) in [7, 11) is -2.81. The second kappa shape index (κ2) is 8.11. The Kier molecular flexibility index (Phi) is 8.06. The van der Waals surface area contributed by atoms with Gasteiger partial charge >= 0.3 is 0 Å². The van der Waals surface area contributed by atoms with E-state index in [1.807, 2.05) is 13.8 Å². The highest BCUT2D eigenvalue weighted by molar-refractivity contribution is 7.91. The fourth-order valence-electron chi connectivity index (χ4n) is 1.48. The van der Waals surface area contributed by atoms with Gasteiger partial charge in [0.05, 0.1) is 11.5 Å². The summed E-state index contributed by atoms with van der Waals surface area (Å²) in [4.78, 5) is 0. The molecule has 0 aromatic heterocycles. The van der Waals surface area contributed by atoms with Crippen LogP contribution in [0.5, 0.6) is 0 Å². The zero-order valence-electron chi connectivity index (χ0n) is 10.3. The van der Waals surface area contributed by atoms with Gasteiger partial charge in [-0.25, -0.2) is 8.42 Å². The Bertz CT molecular complexity index is 237. The molecule has 3 nitrogen and oxygen atoms in total. The number of unbranched alkanes of at least 4 members (excludes halogenated alkanes) is 2. The summed E-state index contributed by atoms with van der Waals surface area (Å²) < 4.78 is 23.2. The first-order valence-electron chi connectivity index (χ1n) is 5.95. The molecule has 4 heteroatoms. The average molecular weight is 235 g/mol. The number of hydrogen-bond donors (Lipinski definition) is 1. The summed E-state index contributed by atoms with van der Waals surface area (Å²) in [6.07, 6.45) is 3.63. The topological polar surface area (TPSA) is 46.2 Å². The fraction of sp³-hybridized carbons (Fsp3) is 1.00. The van der Waals surface area contributed by atoms with E-state index in [9.17, 15) is 8.42 Å². The van der Waals surface area contributed by atoms with E-state index >= 15 is 0 Å². The lowest BCUT2D eigenvalue weighted by atomic mass is 10.3. The minimum absolute atomic E-state index is 0.302. The summed E-state index contributed by atoms with van der Waals surface area (Å²) in [5.41, 5.74) is 0. The number of rotatable bonds is 9. The van der Waals surface area contributed by atoms with Gasteiger partial charge in [0.1, 0.15) is 9.84 Å². The maximum absolute atomic E-state index is 11.6. The largest absolute Gasteiger partial charge is 0.314 e. The molecule has 0 aliphatic heterocycles. The normalized spacial score (nSPS) is 14.1. The van der Waals surface area contributed by atoms with Gasteiger partial charge in [0.25, 0.3) is 0 Å². The van der Waals surface area contributed by atoms with E-state index < -0.39 is 9.84 Å². The van der Waals surface area contributed by atoms with Crippen LogP contribution in [0.1, 0.15) is 46.5 Å². The van der Waals surface area contributed by atoms with Crippen molar-refractivity contribution in [2.24, 2.45) is 0 Å². The van der Waals surface area contributed by atoms with E-state index in [-0.39, 0.29) is 0 Å². The lowest BCUT2D eigenvalue weighted by Gasteiger charge is -2.11. The van der Waals surface area contributed by atoms with Crippen molar-refractivity contribution in [1.82, 2.24) is 5.32 Å². The molecule has 0 heterocycles. The Labute approximate surface area is 94.6 Å². The molecule has 92 valence electrons. The molecule has 0 fully saturated rings. The predicted molar refractivity (Wildman–Crippen MR) is 65.9 cm³/mol. The minimum atomic E-state index is -2.81. The SMILES string of the molecule is CCCCCS(=O)(=O)CCC(C)NCC. The lowest BCUT2D eigenvalue weighted by Crippen LogP contribution is -2.28. The third kappa shape index (κ3) is 8.88. The summed E-state index contributed by atoms with van der Waals surface area (Å²) >= 11 is 0. The maximum Gasteiger partial charge on any atom is 0.150 e. The molecule has 0 radical (unpaired) electrons. The first-order chi connectivity index (χ1) is 7.02.